The van der Waals surface area contributed by atoms with Crippen LogP contribution in [0.4, 0.5) is 0 Å². The molecule has 0 aliphatic heterocycles. The van der Waals surface area contributed by atoms with Crippen molar-refractivity contribution in [3.63, 3.8) is 0 Å². The van der Waals surface area contributed by atoms with Gasteiger partial charge in [0, 0.05) is 12.8 Å². The monoisotopic (exact) mass is 1040 g/mol. The first-order valence-corrected chi connectivity index (χ1v) is 31.1. The molecular formula is C63H112N2O7P+. The normalized spacial score (nSPS) is 14.5. The quantitative estimate of drug-likeness (QED) is 0.0205. The molecular weight excluding hydrogens is 928 g/mol. The molecule has 0 saturated carbocycles. The van der Waals surface area contributed by atoms with E-state index in [1.165, 1.54) is 96.3 Å². The van der Waals surface area contributed by atoms with E-state index in [1.807, 2.05) is 33.3 Å². The number of carbonyl (C=O) groups excluding carboxylic acids is 2. The van der Waals surface area contributed by atoms with E-state index in [0.717, 1.165) is 96.3 Å². The van der Waals surface area contributed by atoms with Gasteiger partial charge in [-0.3, -0.25) is 18.6 Å². The highest BCUT2D eigenvalue weighted by Crippen LogP contribution is 2.43. The first kappa shape index (κ1) is 69.9. The number of ether oxygens (including phenoxy) is 1. The molecule has 73 heavy (non-hydrogen) atoms. The van der Waals surface area contributed by atoms with Crippen LogP contribution in [0.2, 0.25) is 0 Å². The van der Waals surface area contributed by atoms with Crippen LogP contribution in [0.25, 0.3) is 0 Å². The number of rotatable bonds is 52. The highest BCUT2D eigenvalue weighted by molar-refractivity contribution is 7.47. The van der Waals surface area contributed by atoms with E-state index >= 15 is 0 Å². The summed E-state index contributed by atoms with van der Waals surface area (Å²) in [5, 5.41) is 3.03. The third-order valence-electron chi connectivity index (χ3n) is 12.5. The van der Waals surface area contributed by atoms with Crippen LogP contribution in [-0.2, 0) is 27.9 Å². The van der Waals surface area contributed by atoms with Gasteiger partial charge in [-0.05, 0) is 115 Å². The van der Waals surface area contributed by atoms with E-state index < -0.39 is 20.0 Å². The number of quaternary nitrogens is 1. The van der Waals surface area contributed by atoms with Crippen molar-refractivity contribution in [1.29, 1.82) is 0 Å². The summed E-state index contributed by atoms with van der Waals surface area (Å²) in [6.07, 6.45) is 69.7. The van der Waals surface area contributed by atoms with Crippen LogP contribution in [0.3, 0.4) is 0 Å². The molecule has 0 aliphatic rings. The standard InChI is InChI=1S/C63H111N2O7P/c1-7-10-13-16-19-22-25-27-29-31-32-34-36-38-41-44-47-50-53-56-63(67)72-61(54-51-48-45-42-39-24-21-18-15-12-9-3)60(59-71-73(68,69)70-58-57-65(4,5)6)64-62(66)55-52-49-46-43-40-37-35-33-30-28-26-23-20-17-14-11-8-2/h19-20,22-23,27-30,32,34-35,37-38,41,51,54,60-61H,7-18,21,24-26,31,33,36,39-40,42-50,52-53,55-59H2,1-6H3,(H-,64,66,68,69)/p+1/b22-19-,23-20-,29-27-,30-28-,34-32-,37-35-,41-38-,54-51+. The number of carbonyl (C=O) groups is 2. The first-order valence-electron chi connectivity index (χ1n) is 29.6. The van der Waals surface area contributed by atoms with Crippen molar-refractivity contribution in [2.75, 3.05) is 40.9 Å². The van der Waals surface area contributed by atoms with Gasteiger partial charge in [0.1, 0.15) is 19.3 Å². The summed E-state index contributed by atoms with van der Waals surface area (Å²) < 4.78 is 30.6. The number of nitrogens with one attached hydrogen (secondary N) is 1. The third kappa shape index (κ3) is 53.6. The molecule has 0 bridgehead atoms. The lowest BCUT2D eigenvalue weighted by Gasteiger charge is -2.27. The van der Waals surface area contributed by atoms with Crippen molar-refractivity contribution >= 4 is 19.7 Å². The van der Waals surface area contributed by atoms with Crippen molar-refractivity contribution < 1.29 is 37.3 Å². The van der Waals surface area contributed by atoms with Gasteiger partial charge in [-0.15, -0.1) is 0 Å². The second-order valence-electron chi connectivity index (χ2n) is 20.8. The molecule has 0 fully saturated rings. The maximum atomic E-state index is 13.5. The minimum Gasteiger partial charge on any atom is -0.456 e. The number of unbranched alkanes of at least 4 members (excludes halogenated alkanes) is 22. The van der Waals surface area contributed by atoms with Crippen molar-refractivity contribution in [3.05, 3.63) is 97.2 Å². The Balaban J connectivity index is 5.40. The van der Waals surface area contributed by atoms with Gasteiger partial charge in [0.2, 0.25) is 5.91 Å². The Bertz CT molecular complexity index is 1570. The third-order valence-corrected chi connectivity index (χ3v) is 13.5. The van der Waals surface area contributed by atoms with E-state index in [-0.39, 0.29) is 31.5 Å². The predicted octanol–water partition coefficient (Wildman–Crippen LogP) is 18.0. The van der Waals surface area contributed by atoms with Crippen molar-refractivity contribution in [1.82, 2.24) is 5.32 Å². The van der Waals surface area contributed by atoms with Gasteiger partial charge < -0.3 is 19.4 Å². The highest BCUT2D eigenvalue weighted by Gasteiger charge is 2.30. The van der Waals surface area contributed by atoms with Crippen molar-refractivity contribution in [2.24, 2.45) is 0 Å². The number of phosphoric acid groups is 1. The fourth-order valence-corrected chi connectivity index (χ4v) is 8.61. The number of hydrogen-bond acceptors (Lipinski definition) is 6. The van der Waals surface area contributed by atoms with Gasteiger partial charge in [0.15, 0.2) is 0 Å². The lowest BCUT2D eigenvalue weighted by molar-refractivity contribution is -0.870. The van der Waals surface area contributed by atoms with E-state index in [1.54, 1.807) is 0 Å². The molecule has 1 amide bonds. The zero-order chi connectivity index (χ0) is 53.6. The van der Waals surface area contributed by atoms with E-state index in [4.69, 9.17) is 13.8 Å². The maximum Gasteiger partial charge on any atom is 0.472 e. The zero-order valence-electron chi connectivity index (χ0n) is 47.8. The highest BCUT2D eigenvalue weighted by atomic mass is 31.2. The minimum absolute atomic E-state index is 0.0255. The van der Waals surface area contributed by atoms with Gasteiger partial charge >= 0.3 is 13.8 Å². The van der Waals surface area contributed by atoms with Crippen molar-refractivity contribution in [3.8, 4) is 0 Å². The molecule has 420 valence electrons. The molecule has 0 saturated heterocycles. The Morgan fingerprint density at radius 3 is 1.29 bits per heavy atom. The molecule has 0 aromatic rings. The van der Waals surface area contributed by atoms with Gasteiger partial charge in [-0.2, -0.15) is 0 Å². The van der Waals surface area contributed by atoms with Gasteiger partial charge in [0.25, 0.3) is 0 Å². The van der Waals surface area contributed by atoms with Crippen LogP contribution in [-0.4, -0.2) is 74.3 Å². The Labute approximate surface area is 449 Å². The summed E-state index contributed by atoms with van der Waals surface area (Å²) in [5.41, 5.74) is 0. The number of phosphoric ester groups is 1. The molecule has 0 aliphatic carbocycles. The van der Waals surface area contributed by atoms with Crippen LogP contribution in [0.15, 0.2) is 97.2 Å². The Hall–Kier alpha value is -3.07. The summed E-state index contributed by atoms with van der Waals surface area (Å²) in [7, 11) is 1.45. The molecule has 0 aromatic heterocycles. The van der Waals surface area contributed by atoms with Gasteiger partial charge in [0.05, 0.1) is 33.8 Å². The summed E-state index contributed by atoms with van der Waals surface area (Å²) in [6, 6.07) is -0.878. The average molecular weight is 1040 g/mol. The number of nitrogens with zero attached hydrogens (tertiary/aromatic N) is 1. The molecule has 0 rings (SSSR count). The lowest BCUT2D eigenvalue weighted by atomic mass is 10.1. The largest absolute Gasteiger partial charge is 0.472 e. The molecule has 10 heteroatoms. The number of hydrogen-bond donors (Lipinski definition) is 2. The minimum atomic E-state index is -4.46. The summed E-state index contributed by atoms with van der Waals surface area (Å²) in [5.74, 6) is -0.573. The van der Waals surface area contributed by atoms with Gasteiger partial charge in [-0.25, -0.2) is 4.57 Å². The number of esters is 1. The van der Waals surface area contributed by atoms with Crippen LogP contribution < -0.4 is 5.32 Å². The zero-order valence-corrected chi connectivity index (χ0v) is 48.7. The predicted molar refractivity (Wildman–Crippen MR) is 314 cm³/mol. The molecule has 0 heterocycles. The van der Waals surface area contributed by atoms with Crippen LogP contribution >= 0.6 is 7.82 Å². The van der Waals surface area contributed by atoms with E-state index in [9.17, 15) is 19.0 Å². The number of allylic oxidation sites excluding steroid dienone is 15. The van der Waals surface area contributed by atoms with Crippen LogP contribution in [0.5, 0.6) is 0 Å². The van der Waals surface area contributed by atoms with E-state index in [0.29, 0.717) is 30.3 Å². The molecule has 9 nitrogen and oxygen atoms in total. The second kappa shape index (κ2) is 52.4. The smallest absolute Gasteiger partial charge is 0.456 e. The van der Waals surface area contributed by atoms with Crippen LogP contribution in [0, 0.1) is 0 Å². The summed E-state index contributed by atoms with van der Waals surface area (Å²) >= 11 is 0. The fourth-order valence-electron chi connectivity index (χ4n) is 7.87. The Morgan fingerprint density at radius 2 is 0.836 bits per heavy atom. The Kier molecular flexibility index (Phi) is 50.2. The first-order chi connectivity index (χ1) is 35.4. The Morgan fingerprint density at radius 1 is 0.479 bits per heavy atom. The maximum absolute atomic E-state index is 13.5. The number of amides is 1. The van der Waals surface area contributed by atoms with E-state index in [2.05, 4.69) is 111 Å². The average Bonchev–Trinajstić information content (AvgIpc) is 3.35. The topological polar surface area (TPSA) is 111 Å². The molecule has 0 spiro atoms. The second-order valence-corrected chi connectivity index (χ2v) is 22.3. The molecule has 3 unspecified atom stereocenters. The van der Waals surface area contributed by atoms with Crippen molar-refractivity contribution in [2.45, 2.75) is 251 Å². The molecule has 0 radical (unpaired) electrons. The van der Waals surface area contributed by atoms with Crippen LogP contribution in [0.1, 0.15) is 239 Å². The number of likely N-dealkylation sites (N-methyl/N-ethyl adjacent to an activating group) is 1. The fraction of sp³-hybridized carbons (Fsp3) is 0.714. The summed E-state index contributed by atoms with van der Waals surface area (Å²) in [4.78, 5) is 37.6. The van der Waals surface area contributed by atoms with Gasteiger partial charge in [-0.1, -0.05) is 208 Å². The SMILES string of the molecule is CCCCC/C=C\C/C=C\C/C=C\C/C=C\CCCCCC(=O)OC(/C=C/CCCCCCCCCCC)C(COP(=O)(O)OCC[N+](C)(C)C)NC(=O)CCCCCC/C=C\C/C=C\C/C=C\CCCCC. The lowest BCUT2D eigenvalue weighted by Crippen LogP contribution is -2.47. The summed E-state index contributed by atoms with van der Waals surface area (Å²) in [6.45, 7) is 6.89. The molecule has 0 aromatic carbocycles. The molecule has 2 N–H and O–H groups in total. The molecule has 3 atom stereocenters.